The lowest BCUT2D eigenvalue weighted by Crippen LogP contribution is -2.34. The maximum absolute atomic E-state index is 13.5. The van der Waals surface area contributed by atoms with Gasteiger partial charge in [-0.25, -0.2) is 23.5 Å². The fourth-order valence-corrected chi connectivity index (χ4v) is 4.01. The quantitative estimate of drug-likeness (QED) is 0.552. The summed E-state index contributed by atoms with van der Waals surface area (Å²) in [5.74, 6) is -2.38. The van der Waals surface area contributed by atoms with Crippen LogP contribution in [-0.2, 0) is 4.79 Å². The molecule has 1 saturated heterocycles. The number of carbonyl (C=O) groups is 2. The molecule has 0 spiro atoms. The predicted molar refractivity (Wildman–Crippen MR) is 127 cm³/mol. The second kappa shape index (κ2) is 9.01. The van der Waals surface area contributed by atoms with E-state index in [4.69, 9.17) is 0 Å². The number of aryl methyl sites for hydroxylation is 1. The third-order valence-electron chi connectivity index (χ3n) is 6.16. The molecule has 8 nitrogen and oxygen atoms in total. The van der Waals surface area contributed by atoms with E-state index in [0.717, 1.165) is 40.0 Å². The maximum atomic E-state index is 13.5. The minimum absolute atomic E-state index is 0.0194. The van der Waals surface area contributed by atoms with E-state index < -0.39 is 18.5 Å². The van der Waals surface area contributed by atoms with Crippen LogP contribution in [0.3, 0.4) is 0 Å². The van der Waals surface area contributed by atoms with Crippen molar-refractivity contribution in [2.75, 3.05) is 23.7 Å². The summed E-state index contributed by atoms with van der Waals surface area (Å²) in [6.45, 7) is 1.38. The Labute approximate surface area is 200 Å². The molecule has 2 aliphatic rings. The summed E-state index contributed by atoms with van der Waals surface area (Å²) in [4.78, 5) is 38.5. The Morgan fingerprint density at radius 3 is 2.60 bits per heavy atom. The van der Waals surface area contributed by atoms with Crippen molar-refractivity contribution < 1.29 is 18.4 Å². The lowest BCUT2D eigenvalue weighted by Gasteiger charge is -2.18. The average Bonchev–Trinajstić information content (AvgIpc) is 3.63. The molecule has 1 aromatic carbocycles. The second-order valence-electron chi connectivity index (χ2n) is 9.00. The molecule has 0 unspecified atom stereocenters. The van der Waals surface area contributed by atoms with Crippen molar-refractivity contribution in [3.05, 3.63) is 54.6 Å². The van der Waals surface area contributed by atoms with E-state index in [1.165, 1.54) is 6.33 Å². The average molecular weight is 479 g/mol. The molecular weight excluding hydrogens is 454 g/mol. The maximum Gasteiger partial charge on any atom is 0.322 e. The van der Waals surface area contributed by atoms with Crippen LogP contribution in [0.4, 0.5) is 25.1 Å². The van der Waals surface area contributed by atoms with Gasteiger partial charge in [-0.3, -0.25) is 9.78 Å². The largest absolute Gasteiger partial charge is 0.322 e. The Hall–Kier alpha value is -3.95. The van der Waals surface area contributed by atoms with Gasteiger partial charge in [-0.05, 0) is 49.1 Å². The van der Waals surface area contributed by atoms with Crippen LogP contribution in [0.5, 0.6) is 0 Å². The molecule has 3 aromatic rings. The van der Waals surface area contributed by atoms with E-state index >= 15 is 0 Å². The molecule has 35 heavy (non-hydrogen) atoms. The number of rotatable bonds is 5. The van der Waals surface area contributed by atoms with Gasteiger partial charge in [0.2, 0.25) is 5.91 Å². The van der Waals surface area contributed by atoms with Crippen LogP contribution in [0.15, 0.2) is 49.1 Å². The fourth-order valence-electron chi connectivity index (χ4n) is 4.01. The molecule has 180 valence electrons. The summed E-state index contributed by atoms with van der Waals surface area (Å²) in [5.41, 5.74) is 4.43. The van der Waals surface area contributed by atoms with Crippen molar-refractivity contribution in [3.63, 3.8) is 0 Å². The van der Waals surface area contributed by atoms with Crippen LogP contribution in [0, 0.1) is 12.8 Å². The van der Waals surface area contributed by atoms with Gasteiger partial charge in [-0.2, -0.15) is 0 Å². The summed E-state index contributed by atoms with van der Waals surface area (Å²) < 4.78 is 27.0. The van der Waals surface area contributed by atoms with E-state index in [-0.39, 0.29) is 24.8 Å². The summed E-state index contributed by atoms with van der Waals surface area (Å²) in [5, 5.41) is 5.54. The number of hydrogen-bond donors (Lipinski definition) is 2. The van der Waals surface area contributed by atoms with Crippen LogP contribution in [0.25, 0.3) is 22.4 Å². The standard InChI is InChI=1S/C25H24F2N6O2/c1-15-2-5-19(31-24(35)33-7-6-25(26,27)13-33)9-20(15)17-8-18(12-28-11-17)21-10-22(30-14-29-21)32-23(34)16-3-4-16/h2,5,8-12,14,16H,3-4,6-7,13H2,1H3,(H,31,35)(H,29,30,32,34). The molecule has 10 heteroatoms. The van der Waals surface area contributed by atoms with Crippen LogP contribution < -0.4 is 10.6 Å². The highest BCUT2D eigenvalue weighted by molar-refractivity contribution is 5.93. The van der Waals surface area contributed by atoms with Crippen LogP contribution in [-0.4, -0.2) is 50.8 Å². The molecule has 0 atom stereocenters. The lowest BCUT2D eigenvalue weighted by atomic mass is 9.99. The zero-order chi connectivity index (χ0) is 24.6. The topological polar surface area (TPSA) is 100 Å². The number of pyridine rings is 1. The number of aromatic nitrogens is 3. The number of nitrogens with zero attached hydrogens (tertiary/aromatic N) is 4. The highest BCUT2D eigenvalue weighted by atomic mass is 19.3. The fraction of sp³-hybridized carbons (Fsp3) is 0.320. The first-order valence-corrected chi connectivity index (χ1v) is 11.4. The first-order valence-electron chi connectivity index (χ1n) is 11.4. The molecule has 3 amide bonds. The summed E-state index contributed by atoms with van der Waals surface area (Å²) in [6, 6.07) is 8.45. The molecule has 0 bridgehead atoms. The molecule has 0 radical (unpaired) electrons. The summed E-state index contributed by atoms with van der Waals surface area (Å²) in [7, 11) is 0. The number of hydrogen-bond acceptors (Lipinski definition) is 5. The van der Waals surface area contributed by atoms with Crippen molar-refractivity contribution in [2.24, 2.45) is 5.92 Å². The number of alkyl halides is 2. The van der Waals surface area contributed by atoms with E-state index in [9.17, 15) is 18.4 Å². The number of likely N-dealkylation sites (tertiary alicyclic amines) is 1. The number of anilines is 2. The van der Waals surface area contributed by atoms with Gasteiger partial charge in [0.1, 0.15) is 12.1 Å². The number of urea groups is 1. The van der Waals surface area contributed by atoms with Crippen molar-refractivity contribution >= 4 is 23.4 Å². The Bertz CT molecular complexity index is 1290. The van der Waals surface area contributed by atoms with E-state index in [0.29, 0.717) is 17.2 Å². The number of halogens is 2. The highest BCUT2D eigenvalue weighted by Crippen LogP contribution is 2.32. The molecule has 2 aromatic heterocycles. The lowest BCUT2D eigenvalue weighted by molar-refractivity contribution is -0.117. The summed E-state index contributed by atoms with van der Waals surface area (Å²) in [6.07, 6.45) is 6.25. The van der Waals surface area contributed by atoms with E-state index in [2.05, 4.69) is 25.6 Å². The van der Waals surface area contributed by atoms with E-state index in [1.807, 2.05) is 19.1 Å². The zero-order valence-corrected chi connectivity index (χ0v) is 19.1. The Morgan fingerprint density at radius 2 is 1.86 bits per heavy atom. The minimum Gasteiger partial charge on any atom is -0.318 e. The Balaban J connectivity index is 1.36. The van der Waals surface area contributed by atoms with Gasteiger partial charge >= 0.3 is 6.03 Å². The normalized spacial score (nSPS) is 16.7. The number of amides is 3. The van der Waals surface area contributed by atoms with E-state index in [1.54, 1.807) is 30.6 Å². The van der Waals surface area contributed by atoms with Gasteiger partial charge in [0, 0.05) is 54.2 Å². The predicted octanol–water partition coefficient (Wildman–Crippen LogP) is 4.74. The van der Waals surface area contributed by atoms with Crippen LogP contribution >= 0.6 is 0 Å². The Morgan fingerprint density at radius 1 is 1.06 bits per heavy atom. The van der Waals surface area contributed by atoms with Crippen molar-refractivity contribution in [2.45, 2.75) is 32.1 Å². The van der Waals surface area contributed by atoms with Gasteiger partial charge in [-0.15, -0.1) is 0 Å². The molecule has 5 rings (SSSR count). The zero-order valence-electron chi connectivity index (χ0n) is 19.1. The molecule has 3 heterocycles. The van der Waals surface area contributed by atoms with Gasteiger partial charge in [0.15, 0.2) is 0 Å². The number of carbonyl (C=O) groups excluding carboxylic acids is 2. The van der Waals surface area contributed by atoms with Gasteiger partial charge < -0.3 is 15.5 Å². The number of benzene rings is 1. The molecule has 1 saturated carbocycles. The third-order valence-corrected chi connectivity index (χ3v) is 6.16. The van der Waals surface area contributed by atoms with Gasteiger partial charge in [0.25, 0.3) is 5.92 Å². The molecule has 2 N–H and O–H groups in total. The van der Waals surface area contributed by atoms with Crippen molar-refractivity contribution in [1.82, 2.24) is 19.9 Å². The van der Waals surface area contributed by atoms with Crippen molar-refractivity contribution in [1.29, 1.82) is 0 Å². The first kappa shape index (κ1) is 22.8. The highest BCUT2D eigenvalue weighted by Gasteiger charge is 2.40. The third kappa shape index (κ3) is 5.26. The number of nitrogens with one attached hydrogen (secondary N) is 2. The van der Waals surface area contributed by atoms with Gasteiger partial charge in [0.05, 0.1) is 12.2 Å². The first-order chi connectivity index (χ1) is 16.8. The van der Waals surface area contributed by atoms with Crippen molar-refractivity contribution in [3.8, 4) is 22.4 Å². The smallest absolute Gasteiger partial charge is 0.318 e. The molecule has 2 fully saturated rings. The molecule has 1 aliphatic heterocycles. The van der Waals surface area contributed by atoms with Gasteiger partial charge in [-0.1, -0.05) is 6.07 Å². The van der Waals surface area contributed by atoms with Crippen LogP contribution in [0.1, 0.15) is 24.8 Å². The van der Waals surface area contributed by atoms with Crippen LogP contribution in [0.2, 0.25) is 0 Å². The second-order valence-corrected chi connectivity index (χ2v) is 9.00. The SMILES string of the molecule is Cc1ccc(NC(=O)N2CCC(F)(F)C2)cc1-c1cncc(-c2cc(NC(=O)C3CC3)ncn2)c1. The molecular formula is C25H24F2N6O2. The molecule has 1 aliphatic carbocycles. The summed E-state index contributed by atoms with van der Waals surface area (Å²) >= 11 is 0. The monoisotopic (exact) mass is 478 g/mol. The minimum atomic E-state index is -2.84. The Kier molecular flexibility index (Phi) is 5.88.